The Morgan fingerprint density at radius 3 is 2.20 bits per heavy atom. The fraction of sp³-hybridized carbons (Fsp3) is 0.667. The minimum Gasteiger partial charge on any atom is -0.488 e. The molecule has 0 amide bonds. The second-order valence-electron chi connectivity index (χ2n) is 7.59. The maximum Gasteiger partial charge on any atom is 0.120 e. The third kappa shape index (κ3) is 3.88. The molecule has 0 bridgehead atoms. The van der Waals surface area contributed by atoms with Gasteiger partial charge >= 0.3 is 0 Å². The lowest BCUT2D eigenvalue weighted by Gasteiger charge is -2.40. The van der Waals surface area contributed by atoms with E-state index in [0.717, 1.165) is 5.75 Å². The SMILES string of the molecule is CCC(C)c1ccc(OC2(C)CC[Si](C)(C)CC2)cc1. The van der Waals surface area contributed by atoms with Crippen molar-refractivity contribution in [2.75, 3.05) is 0 Å². The predicted octanol–water partition coefficient (Wildman–Crippen LogP) is 5.84. The molecule has 1 aliphatic rings. The molecule has 1 saturated heterocycles. The molecule has 20 heavy (non-hydrogen) atoms. The Morgan fingerprint density at radius 1 is 1.15 bits per heavy atom. The van der Waals surface area contributed by atoms with Crippen molar-refractivity contribution in [1.82, 2.24) is 0 Å². The first kappa shape index (κ1) is 15.6. The number of hydrogen-bond donors (Lipinski definition) is 0. The molecule has 0 aromatic heterocycles. The van der Waals surface area contributed by atoms with Gasteiger partial charge < -0.3 is 4.74 Å². The van der Waals surface area contributed by atoms with Crippen molar-refractivity contribution in [3.05, 3.63) is 29.8 Å². The number of ether oxygens (including phenoxy) is 1. The first-order valence-corrected chi connectivity index (χ1v) is 11.5. The van der Waals surface area contributed by atoms with Crippen LogP contribution < -0.4 is 4.74 Å². The van der Waals surface area contributed by atoms with E-state index < -0.39 is 8.07 Å². The highest BCUT2D eigenvalue weighted by Crippen LogP contribution is 2.38. The Hall–Kier alpha value is -0.763. The van der Waals surface area contributed by atoms with Gasteiger partial charge in [-0.3, -0.25) is 0 Å². The van der Waals surface area contributed by atoms with Gasteiger partial charge in [0.15, 0.2) is 0 Å². The molecule has 1 heterocycles. The molecule has 1 aromatic rings. The second kappa shape index (κ2) is 5.93. The van der Waals surface area contributed by atoms with Crippen LogP contribution in [0.25, 0.3) is 0 Å². The quantitative estimate of drug-likeness (QED) is 0.633. The smallest absolute Gasteiger partial charge is 0.120 e. The summed E-state index contributed by atoms with van der Waals surface area (Å²) in [5.41, 5.74) is 1.47. The first-order valence-electron chi connectivity index (χ1n) is 8.13. The summed E-state index contributed by atoms with van der Waals surface area (Å²) in [6, 6.07) is 11.6. The molecule has 0 saturated carbocycles. The van der Waals surface area contributed by atoms with Crippen LogP contribution in [0.5, 0.6) is 5.75 Å². The van der Waals surface area contributed by atoms with Crippen LogP contribution in [0.1, 0.15) is 51.5 Å². The van der Waals surface area contributed by atoms with Crippen LogP contribution in [0.4, 0.5) is 0 Å². The Morgan fingerprint density at radius 2 is 1.70 bits per heavy atom. The maximum atomic E-state index is 6.33. The molecule has 1 atom stereocenters. The van der Waals surface area contributed by atoms with Crippen LogP contribution in [0.2, 0.25) is 25.2 Å². The molecule has 112 valence electrons. The average molecular weight is 291 g/mol. The summed E-state index contributed by atoms with van der Waals surface area (Å²) >= 11 is 0. The molecule has 2 rings (SSSR count). The molecule has 1 aliphatic heterocycles. The molecule has 1 fully saturated rings. The zero-order valence-electron chi connectivity index (χ0n) is 13.8. The molecule has 0 N–H and O–H groups in total. The lowest BCUT2D eigenvalue weighted by atomic mass is 9.97. The lowest BCUT2D eigenvalue weighted by Crippen LogP contribution is -2.43. The van der Waals surface area contributed by atoms with Gasteiger partial charge in [-0.2, -0.15) is 0 Å². The average Bonchev–Trinajstić information content (AvgIpc) is 2.43. The summed E-state index contributed by atoms with van der Waals surface area (Å²) in [6.45, 7) is 11.8. The van der Waals surface area contributed by atoms with Gasteiger partial charge in [-0.05, 0) is 49.8 Å². The highest BCUT2D eigenvalue weighted by Gasteiger charge is 2.37. The van der Waals surface area contributed by atoms with Gasteiger partial charge in [0.25, 0.3) is 0 Å². The van der Waals surface area contributed by atoms with Crippen molar-refractivity contribution in [2.24, 2.45) is 0 Å². The fourth-order valence-corrected chi connectivity index (χ4v) is 5.60. The third-order valence-electron chi connectivity index (χ3n) is 5.09. The van der Waals surface area contributed by atoms with Gasteiger partial charge in [0.1, 0.15) is 11.4 Å². The summed E-state index contributed by atoms with van der Waals surface area (Å²) in [5.74, 6) is 1.68. The van der Waals surface area contributed by atoms with E-state index in [1.165, 1.54) is 36.9 Å². The molecule has 1 unspecified atom stereocenters. The Bertz CT molecular complexity index is 425. The Kier molecular flexibility index (Phi) is 4.63. The predicted molar refractivity (Wildman–Crippen MR) is 90.5 cm³/mol. The van der Waals surface area contributed by atoms with Crippen molar-refractivity contribution in [3.8, 4) is 5.75 Å². The van der Waals surface area contributed by atoms with E-state index in [1.54, 1.807) is 0 Å². The van der Waals surface area contributed by atoms with Gasteiger partial charge in [-0.15, -0.1) is 0 Å². The van der Waals surface area contributed by atoms with Crippen molar-refractivity contribution in [2.45, 2.75) is 76.7 Å². The normalized spacial score (nSPS) is 22.2. The monoisotopic (exact) mass is 290 g/mol. The number of hydrogen-bond acceptors (Lipinski definition) is 1. The topological polar surface area (TPSA) is 9.23 Å². The van der Waals surface area contributed by atoms with Crippen LogP contribution in [-0.4, -0.2) is 13.7 Å². The first-order chi connectivity index (χ1) is 9.34. The van der Waals surface area contributed by atoms with Gasteiger partial charge in [-0.25, -0.2) is 0 Å². The zero-order chi connectivity index (χ0) is 14.8. The summed E-state index contributed by atoms with van der Waals surface area (Å²) in [4.78, 5) is 0. The van der Waals surface area contributed by atoms with E-state index in [-0.39, 0.29) is 5.60 Å². The Labute approximate surface area is 125 Å². The van der Waals surface area contributed by atoms with Crippen LogP contribution in [-0.2, 0) is 0 Å². The highest BCUT2D eigenvalue weighted by atomic mass is 28.3. The molecule has 0 radical (unpaired) electrons. The van der Waals surface area contributed by atoms with E-state index in [2.05, 4.69) is 58.1 Å². The second-order valence-corrected chi connectivity index (χ2v) is 12.9. The van der Waals surface area contributed by atoms with E-state index in [0.29, 0.717) is 5.92 Å². The van der Waals surface area contributed by atoms with Crippen molar-refractivity contribution in [3.63, 3.8) is 0 Å². The lowest BCUT2D eigenvalue weighted by molar-refractivity contribution is 0.0744. The summed E-state index contributed by atoms with van der Waals surface area (Å²) in [5, 5.41) is 0. The van der Waals surface area contributed by atoms with Gasteiger partial charge in [-0.1, -0.05) is 51.2 Å². The third-order valence-corrected chi connectivity index (χ3v) is 8.29. The zero-order valence-corrected chi connectivity index (χ0v) is 14.8. The molecule has 0 aliphatic carbocycles. The van der Waals surface area contributed by atoms with Crippen molar-refractivity contribution < 1.29 is 4.74 Å². The molecule has 1 aromatic carbocycles. The number of rotatable bonds is 4. The molecule has 0 spiro atoms. The standard InChI is InChI=1S/C18H30OSi/c1-6-15(2)16-7-9-17(10-8-16)19-18(3)11-13-20(4,5)14-12-18/h7-10,15H,6,11-14H2,1-5H3. The maximum absolute atomic E-state index is 6.33. The van der Waals surface area contributed by atoms with Crippen LogP contribution in [0.3, 0.4) is 0 Å². The van der Waals surface area contributed by atoms with Gasteiger partial charge in [0, 0.05) is 8.07 Å². The summed E-state index contributed by atoms with van der Waals surface area (Å²) in [7, 11) is -0.905. The van der Waals surface area contributed by atoms with E-state index >= 15 is 0 Å². The number of benzene rings is 1. The molecular formula is C18H30OSi. The minimum atomic E-state index is -0.905. The van der Waals surface area contributed by atoms with Crippen LogP contribution in [0.15, 0.2) is 24.3 Å². The van der Waals surface area contributed by atoms with Crippen LogP contribution in [0, 0.1) is 0 Å². The van der Waals surface area contributed by atoms with Gasteiger partial charge in [0.2, 0.25) is 0 Å². The van der Waals surface area contributed by atoms with E-state index in [1.807, 2.05) is 0 Å². The van der Waals surface area contributed by atoms with E-state index in [9.17, 15) is 0 Å². The summed E-state index contributed by atoms with van der Waals surface area (Å²) < 4.78 is 6.33. The molecule has 1 nitrogen and oxygen atoms in total. The van der Waals surface area contributed by atoms with Gasteiger partial charge in [0.05, 0.1) is 0 Å². The molecular weight excluding hydrogens is 260 g/mol. The fourth-order valence-electron chi connectivity index (χ4n) is 2.94. The largest absolute Gasteiger partial charge is 0.488 e. The summed E-state index contributed by atoms with van der Waals surface area (Å²) in [6.07, 6.45) is 3.64. The van der Waals surface area contributed by atoms with Crippen molar-refractivity contribution >= 4 is 8.07 Å². The van der Waals surface area contributed by atoms with E-state index in [4.69, 9.17) is 4.74 Å². The minimum absolute atomic E-state index is 0.0560. The Balaban J connectivity index is 2.00. The molecule has 2 heteroatoms. The van der Waals surface area contributed by atoms with Crippen LogP contribution >= 0.6 is 0 Å². The highest BCUT2D eigenvalue weighted by molar-refractivity contribution is 6.77. The van der Waals surface area contributed by atoms with Crippen molar-refractivity contribution in [1.29, 1.82) is 0 Å².